The number of piperidine rings is 1. The van der Waals surface area contributed by atoms with Crippen molar-refractivity contribution in [3.8, 4) is 0 Å². The molecule has 7 heteroatoms. The molecule has 2 heterocycles. The third-order valence-corrected chi connectivity index (χ3v) is 7.47. The molecule has 2 saturated heterocycles. The number of anilines is 1. The molecule has 0 aliphatic carbocycles. The van der Waals surface area contributed by atoms with E-state index in [1.807, 2.05) is 0 Å². The number of quaternary nitrogens is 1. The lowest BCUT2D eigenvalue weighted by Crippen LogP contribution is -3.13. The minimum atomic E-state index is -3.42. The number of benzene rings is 1. The molecule has 0 spiro atoms. The maximum Gasteiger partial charge on any atom is 0.279 e. The minimum absolute atomic E-state index is 0.00258. The Bertz CT molecular complexity index is 704. The minimum Gasteiger partial charge on any atom is -0.327 e. The van der Waals surface area contributed by atoms with Crippen molar-refractivity contribution in [2.24, 2.45) is 0 Å². The molecule has 150 valence electrons. The van der Waals surface area contributed by atoms with Crippen LogP contribution < -0.4 is 10.2 Å². The molecule has 0 unspecified atom stereocenters. The number of nitrogens with zero attached hydrogens (tertiary/aromatic N) is 1. The van der Waals surface area contributed by atoms with E-state index < -0.39 is 10.0 Å². The molecule has 0 bridgehead atoms. The van der Waals surface area contributed by atoms with Crippen LogP contribution in [0.4, 0.5) is 5.69 Å². The number of sulfonamides is 1. The molecule has 1 aromatic rings. The van der Waals surface area contributed by atoms with Gasteiger partial charge in [-0.3, -0.25) is 4.79 Å². The van der Waals surface area contributed by atoms with E-state index in [1.165, 1.54) is 37.0 Å². The highest BCUT2D eigenvalue weighted by Gasteiger charge is 2.25. The summed E-state index contributed by atoms with van der Waals surface area (Å²) in [6.07, 6.45) is 9.15. The van der Waals surface area contributed by atoms with Crippen LogP contribution in [-0.4, -0.2) is 51.4 Å². The number of hydrogen-bond acceptors (Lipinski definition) is 3. The summed E-state index contributed by atoms with van der Waals surface area (Å²) >= 11 is 0. The van der Waals surface area contributed by atoms with Crippen LogP contribution in [0.3, 0.4) is 0 Å². The molecule has 2 N–H and O–H groups in total. The van der Waals surface area contributed by atoms with Crippen LogP contribution in [0, 0.1) is 0 Å². The molecular formula is C20H32N3O3S+. The molecule has 0 atom stereocenters. The van der Waals surface area contributed by atoms with Crippen molar-refractivity contribution in [3.05, 3.63) is 24.3 Å². The highest BCUT2D eigenvalue weighted by molar-refractivity contribution is 7.89. The van der Waals surface area contributed by atoms with Gasteiger partial charge in [0, 0.05) is 18.8 Å². The van der Waals surface area contributed by atoms with E-state index in [2.05, 4.69) is 5.32 Å². The van der Waals surface area contributed by atoms with Crippen LogP contribution in [-0.2, 0) is 14.8 Å². The van der Waals surface area contributed by atoms with E-state index in [-0.39, 0.29) is 5.91 Å². The third kappa shape index (κ3) is 5.77. The van der Waals surface area contributed by atoms with Gasteiger partial charge in [-0.05, 0) is 62.8 Å². The van der Waals surface area contributed by atoms with Gasteiger partial charge in [-0.1, -0.05) is 12.8 Å². The molecule has 0 radical (unpaired) electrons. The Kier molecular flexibility index (Phi) is 7.26. The Labute approximate surface area is 163 Å². The van der Waals surface area contributed by atoms with E-state index in [0.29, 0.717) is 30.2 Å². The zero-order chi connectivity index (χ0) is 19.1. The lowest BCUT2D eigenvalue weighted by Gasteiger charge is -2.25. The molecule has 0 aromatic heterocycles. The molecule has 1 amide bonds. The lowest BCUT2D eigenvalue weighted by atomic mass is 10.1. The average Bonchev–Trinajstić information content (AvgIpc) is 2.65. The van der Waals surface area contributed by atoms with Crippen molar-refractivity contribution in [2.45, 2.75) is 56.3 Å². The molecule has 3 rings (SSSR count). The van der Waals surface area contributed by atoms with Crippen LogP contribution >= 0.6 is 0 Å². The summed E-state index contributed by atoms with van der Waals surface area (Å²) < 4.78 is 26.9. The summed E-state index contributed by atoms with van der Waals surface area (Å²) in [5.74, 6) is -0.00258. The molecule has 0 saturated carbocycles. The van der Waals surface area contributed by atoms with Crippen molar-refractivity contribution in [2.75, 3.05) is 38.0 Å². The van der Waals surface area contributed by atoms with Gasteiger partial charge >= 0.3 is 0 Å². The third-order valence-electron chi connectivity index (χ3n) is 5.56. The molecule has 2 aliphatic rings. The van der Waals surface area contributed by atoms with Crippen LogP contribution in [0.2, 0.25) is 0 Å². The predicted molar refractivity (Wildman–Crippen MR) is 106 cm³/mol. The van der Waals surface area contributed by atoms with Gasteiger partial charge in [-0.25, -0.2) is 8.42 Å². The fourth-order valence-electron chi connectivity index (χ4n) is 3.98. The van der Waals surface area contributed by atoms with Crippen LogP contribution in [0.5, 0.6) is 0 Å². The molecule has 6 nitrogen and oxygen atoms in total. The fraction of sp³-hybridized carbons (Fsp3) is 0.650. The number of hydrogen-bond donors (Lipinski definition) is 2. The molecule has 1 aromatic carbocycles. The predicted octanol–water partition coefficient (Wildman–Crippen LogP) is 1.65. The van der Waals surface area contributed by atoms with Crippen molar-refractivity contribution in [1.82, 2.24) is 4.31 Å². The van der Waals surface area contributed by atoms with Gasteiger partial charge in [-0.2, -0.15) is 4.31 Å². The first-order chi connectivity index (χ1) is 13.1. The first kappa shape index (κ1) is 20.3. The van der Waals surface area contributed by atoms with Gasteiger partial charge < -0.3 is 10.2 Å². The molecule has 27 heavy (non-hydrogen) atoms. The monoisotopic (exact) mass is 394 g/mol. The highest BCUT2D eigenvalue weighted by Crippen LogP contribution is 2.21. The Morgan fingerprint density at radius 3 is 2.07 bits per heavy atom. The van der Waals surface area contributed by atoms with Gasteiger partial charge in [0.1, 0.15) is 0 Å². The van der Waals surface area contributed by atoms with Gasteiger partial charge in [0.15, 0.2) is 6.54 Å². The Hall–Kier alpha value is -1.44. The van der Waals surface area contributed by atoms with Crippen molar-refractivity contribution < 1.29 is 18.1 Å². The summed E-state index contributed by atoms with van der Waals surface area (Å²) in [7, 11) is -3.42. The topological polar surface area (TPSA) is 70.9 Å². The van der Waals surface area contributed by atoms with Crippen LogP contribution in [0.15, 0.2) is 29.2 Å². The second-order valence-electron chi connectivity index (χ2n) is 7.73. The molecule has 2 fully saturated rings. The first-order valence-electron chi connectivity index (χ1n) is 10.3. The summed E-state index contributed by atoms with van der Waals surface area (Å²) in [6.45, 7) is 3.79. The average molecular weight is 395 g/mol. The van der Waals surface area contributed by atoms with Gasteiger partial charge in [0.25, 0.3) is 5.91 Å². The number of carbonyl (C=O) groups is 1. The maximum absolute atomic E-state index is 12.7. The van der Waals surface area contributed by atoms with Crippen molar-refractivity contribution >= 4 is 21.6 Å². The van der Waals surface area contributed by atoms with E-state index in [9.17, 15) is 13.2 Å². The number of nitrogens with one attached hydrogen (secondary N) is 2. The summed E-state index contributed by atoms with van der Waals surface area (Å²) in [5, 5.41) is 2.92. The highest BCUT2D eigenvalue weighted by atomic mass is 32.2. The van der Waals surface area contributed by atoms with Crippen LogP contribution in [0.25, 0.3) is 0 Å². The van der Waals surface area contributed by atoms with Gasteiger partial charge in [0.2, 0.25) is 10.0 Å². The number of amides is 1. The van der Waals surface area contributed by atoms with Gasteiger partial charge in [0.05, 0.1) is 18.0 Å². The second-order valence-corrected chi connectivity index (χ2v) is 9.67. The quantitative estimate of drug-likeness (QED) is 0.798. The molecular weight excluding hydrogens is 362 g/mol. The lowest BCUT2D eigenvalue weighted by molar-refractivity contribution is -0.892. The second kappa shape index (κ2) is 9.66. The van der Waals surface area contributed by atoms with Gasteiger partial charge in [-0.15, -0.1) is 0 Å². The fourth-order valence-corrected chi connectivity index (χ4v) is 5.50. The normalized spacial score (nSPS) is 20.6. The Morgan fingerprint density at radius 1 is 0.889 bits per heavy atom. The summed E-state index contributed by atoms with van der Waals surface area (Å²) in [4.78, 5) is 14.0. The smallest absolute Gasteiger partial charge is 0.279 e. The molecule has 2 aliphatic heterocycles. The van der Waals surface area contributed by atoms with Crippen molar-refractivity contribution in [3.63, 3.8) is 0 Å². The zero-order valence-electron chi connectivity index (χ0n) is 16.1. The van der Waals surface area contributed by atoms with E-state index >= 15 is 0 Å². The van der Waals surface area contributed by atoms with Crippen LogP contribution in [0.1, 0.15) is 51.4 Å². The van der Waals surface area contributed by atoms with E-state index in [0.717, 1.165) is 32.4 Å². The summed E-state index contributed by atoms with van der Waals surface area (Å²) in [5.41, 5.74) is 0.657. The van der Waals surface area contributed by atoms with E-state index in [4.69, 9.17) is 0 Å². The number of carbonyl (C=O) groups excluding carboxylic acids is 1. The summed E-state index contributed by atoms with van der Waals surface area (Å²) in [6, 6.07) is 6.58. The maximum atomic E-state index is 12.7. The SMILES string of the molecule is O=C(C[NH+]1CCCCCCC1)Nc1ccc(S(=O)(=O)N2CCCCC2)cc1. The zero-order valence-corrected chi connectivity index (χ0v) is 16.9. The van der Waals surface area contributed by atoms with Crippen molar-refractivity contribution in [1.29, 1.82) is 0 Å². The standard InChI is InChI=1S/C20H31N3O3S/c24-20(17-22-13-5-2-1-3-6-14-22)21-18-9-11-19(12-10-18)27(25,26)23-15-7-4-8-16-23/h9-12H,1-8,13-17H2,(H,21,24)/p+1. The number of likely N-dealkylation sites (tertiary alicyclic amines) is 1. The van der Waals surface area contributed by atoms with E-state index in [1.54, 1.807) is 28.6 Å². The Morgan fingerprint density at radius 2 is 1.44 bits per heavy atom. The number of rotatable bonds is 5. The first-order valence-corrected chi connectivity index (χ1v) is 11.7. The largest absolute Gasteiger partial charge is 0.327 e. The Balaban J connectivity index is 1.55.